The van der Waals surface area contributed by atoms with Gasteiger partial charge >= 0.3 is 5.63 Å². The second kappa shape index (κ2) is 5.60. The zero-order chi connectivity index (χ0) is 18.7. The van der Waals surface area contributed by atoms with Crippen molar-refractivity contribution in [3.05, 3.63) is 106 Å². The predicted octanol–water partition coefficient (Wildman–Crippen LogP) is 5.56. The molecule has 0 bridgehead atoms. The predicted molar refractivity (Wildman–Crippen MR) is 108 cm³/mol. The fourth-order valence-electron chi connectivity index (χ4n) is 4.23. The van der Waals surface area contributed by atoms with Crippen LogP contribution in [0.2, 0.25) is 0 Å². The summed E-state index contributed by atoms with van der Waals surface area (Å²) in [5, 5.41) is 1.89. The fraction of sp³-hybridized carbons (Fsp3) is 0.0417. The van der Waals surface area contributed by atoms with Gasteiger partial charge in [-0.2, -0.15) is 0 Å². The molecule has 6 rings (SSSR count). The van der Waals surface area contributed by atoms with Crippen molar-refractivity contribution >= 4 is 21.9 Å². The normalized spacial score (nSPS) is 15.2. The summed E-state index contributed by atoms with van der Waals surface area (Å²) in [5.41, 5.74) is 3.75. The molecule has 0 saturated carbocycles. The lowest BCUT2D eigenvalue weighted by Gasteiger charge is -2.27. The summed E-state index contributed by atoms with van der Waals surface area (Å²) >= 11 is 0. The molecule has 1 atom stereocenters. The van der Waals surface area contributed by atoms with E-state index in [0.717, 1.165) is 33.2 Å². The third-order valence-electron chi connectivity index (χ3n) is 5.46. The molecule has 0 spiro atoms. The van der Waals surface area contributed by atoms with Crippen LogP contribution in [0, 0.1) is 0 Å². The first-order valence-corrected chi connectivity index (χ1v) is 9.20. The first-order chi connectivity index (χ1) is 13.8. The average molecular weight is 365 g/mol. The smallest absolute Gasteiger partial charge is 0.344 e. The van der Waals surface area contributed by atoms with Gasteiger partial charge in [0.15, 0.2) is 0 Å². The van der Waals surface area contributed by atoms with Crippen LogP contribution in [0.3, 0.4) is 0 Å². The number of para-hydroxylation sites is 3. The molecule has 4 heteroatoms. The van der Waals surface area contributed by atoms with E-state index in [0.29, 0.717) is 16.9 Å². The van der Waals surface area contributed by atoms with Gasteiger partial charge in [0.25, 0.3) is 0 Å². The van der Waals surface area contributed by atoms with E-state index in [4.69, 9.17) is 9.15 Å². The molecule has 0 radical (unpaired) electrons. The number of hydrogen-bond acceptors (Lipinski definition) is 3. The minimum atomic E-state index is -0.363. The number of benzene rings is 3. The van der Waals surface area contributed by atoms with Crippen molar-refractivity contribution in [2.24, 2.45) is 0 Å². The number of hydrogen-bond donors (Lipinski definition) is 1. The van der Waals surface area contributed by atoms with Crippen LogP contribution in [0.15, 0.2) is 88.2 Å². The van der Waals surface area contributed by atoms with Crippen molar-refractivity contribution in [1.82, 2.24) is 4.98 Å². The molecule has 4 nitrogen and oxygen atoms in total. The van der Waals surface area contributed by atoms with E-state index < -0.39 is 0 Å². The first kappa shape index (κ1) is 15.3. The molecule has 2 aromatic heterocycles. The first-order valence-electron chi connectivity index (χ1n) is 9.20. The molecule has 0 amide bonds. The van der Waals surface area contributed by atoms with Gasteiger partial charge < -0.3 is 14.1 Å². The molecule has 1 aliphatic rings. The zero-order valence-electron chi connectivity index (χ0n) is 14.8. The average Bonchev–Trinajstić information content (AvgIpc) is 3.16. The molecule has 1 aliphatic heterocycles. The monoisotopic (exact) mass is 365 g/mol. The zero-order valence-corrected chi connectivity index (χ0v) is 14.8. The summed E-state index contributed by atoms with van der Waals surface area (Å²) in [5.74, 6) is 1.08. The maximum Gasteiger partial charge on any atom is 0.344 e. The molecule has 0 saturated heterocycles. The standard InChI is InChI=1S/C24H15NO3/c26-24-22-21(17-13-25-18-10-4-1-7-14(17)18)15-8-2-5-11-19(15)27-23(22)16-9-3-6-12-20(16)28-24/h1-13,21,25H. The molecule has 134 valence electrons. The van der Waals surface area contributed by atoms with E-state index in [-0.39, 0.29) is 11.5 Å². The molecule has 0 fully saturated rings. The summed E-state index contributed by atoms with van der Waals surface area (Å²) in [6.45, 7) is 0. The summed E-state index contributed by atoms with van der Waals surface area (Å²) in [7, 11) is 0. The Kier molecular flexibility index (Phi) is 3.06. The van der Waals surface area contributed by atoms with Crippen LogP contribution < -0.4 is 10.4 Å². The Balaban J connectivity index is 1.75. The Morgan fingerprint density at radius 3 is 2.46 bits per heavy atom. The van der Waals surface area contributed by atoms with E-state index >= 15 is 0 Å². The topological polar surface area (TPSA) is 55.2 Å². The second-order valence-corrected chi connectivity index (χ2v) is 6.99. The fourth-order valence-corrected chi connectivity index (χ4v) is 4.23. The highest BCUT2D eigenvalue weighted by Crippen LogP contribution is 2.49. The van der Waals surface area contributed by atoms with Crippen molar-refractivity contribution < 1.29 is 9.15 Å². The van der Waals surface area contributed by atoms with E-state index in [9.17, 15) is 4.79 Å². The largest absolute Gasteiger partial charge is 0.456 e. The van der Waals surface area contributed by atoms with Crippen molar-refractivity contribution in [3.8, 4) is 11.5 Å². The van der Waals surface area contributed by atoms with Gasteiger partial charge in [-0.25, -0.2) is 4.79 Å². The third-order valence-corrected chi connectivity index (χ3v) is 5.46. The van der Waals surface area contributed by atoms with Crippen LogP contribution in [0.4, 0.5) is 0 Å². The lowest BCUT2D eigenvalue weighted by atomic mass is 9.83. The summed E-state index contributed by atoms with van der Waals surface area (Å²) < 4.78 is 11.9. The Morgan fingerprint density at radius 1 is 0.786 bits per heavy atom. The van der Waals surface area contributed by atoms with E-state index in [1.807, 2.05) is 66.9 Å². The van der Waals surface area contributed by atoms with Gasteiger partial charge in [0.1, 0.15) is 17.1 Å². The lowest BCUT2D eigenvalue weighted by molar-refractivity contribution is 0.440. The quantitative estimate of drug-likeness (QED) is 0.388. The van der Waals surface area contributed by atoms with Crippen LogP contribution in [0.5, 0.6) is 11.5 Å². The molecule has 1 unspecified atom stereocenters. The molecule has 5 aromatic rings. The summed E-state index contributed by atoms with van der Waals surface area (Å²) in [6.07, 6.45) is 1.98. The third kappa shape index (κ3) is 2.03. The maximum absolute atomic E-state index is 13.1. The van der Waals surface area contributed by atoms with Gasteiger partial charge in [-0.1, -0.05) is 48.5 Å². The van der Waals surface area contributed by atoms with Gasteiger partial charge in [-0.15, -0.1) is 0 Å². The molecule has 3 aromatic carbocycles. The van der Waals surface area contributed by atoms with Crippen LogP contribution in [-0.4, -0.2) is 4.98 Å². The van der Waals surface area contributed by atoms with Gasteiger partial charge in [-0.3, -0.25) is 0 Å². The van der Waals surface area contributed by atoms with Crippen molar-refractivity contribution in [3.63, 3.8) is 0 Å². The van der Waals surface area contributed by atoms with Crippen LogP contribution in [0.25, 0.3) is 21.9 Å². The Bertz CT molecular complexity index is 1430. The Hall–Kier alpha value is -3.79. The molecule has 0 aliphatic carbocycles. The molecule has 1 N–H and O–H groups in total. The SMILES string of the molecule is O=c1oc2ccccc2c2c1C(c1c[nH]c3ccccc13)c1ccccc1O2. The molecular weight excluding hydrogens is 350 g/mol. The number of H-pyrrole nitrogens is 1. The van der Waals surface area contributed by atoms with Gasteiger partial charge in [0.2, 0.25) is 0 Å². The summed E-state index contributed by atoms with van der Waals surface area (Å²) in [4.78, 5) is 16.4. The minimum Gasteiger partial charge on any atom is -0.456 e. The van der Waals surface area contributed by atoms with Crippen LogP contribution >= 0.6 is 0 Å². The number of nitrogens with one attached hydrogen (secondary N) is 1. The Labute approximate surface area is 160 Å². The highest BCUT2D eigenvalue weighted by molar-refractivity contribution is 5.89. The number of fused-ring (bicyclic) bond motifs is 5. The minimum absolute atomic E-state index is 0.267. The molecular formula is C24H15NO3. The van der Waals surface area contributed by atoms with E-state index in [1.165, 1.54) is 0 Å². The molecule has 28 heavy (non-hydrogen) atoms. The number of rotatable bonds is 1. The van der Waals surface area contributed by atoms with Crippen LogP contribution in [-0.2, 0) is 0 Å². The lowest BCUT2D eigenvalue weighted by Crippen LogP contribution is -2.20. The molecule has 3 heterocycles. The Morgan fingerprint density at radius 2 is 1.54 bits per heavy atom. The highest BCUT2D eigenvalue weighted by atomic mass is 16.5. The number of aromatic amines is 1. The van der Waals surface area contributed by atoms with Crippen molar-refractivity contribution in [2.75, 3.05) is 0 Å². The maximum atomic E-state index is 13.1. The van der Waals surface area contributed by atoms with Crippen molar-refractivity contribution in [2.45, 2.75) is 5.92 Å². The van der Waals surface area contributed by atoms with Gasteiger partial charge in [0, 0.05) is 22.7 Å². The second-order valence-electron chi connectivity index (χ2n) is 6.99. The van der Waals surface area contributed by atoms with Gasteiger partial charge in [0.05, 0.1) is 16.9 Å². The highest BCUT2D eigenvalue weighted by Gasteiger charge is 2.34. The van der Waals surface area contributed by atoms with Gasteiger partial charge in [-0.05, 0) is 29.8 Å². The number of ether oxygens (including phenoxy) is 1. The number of aromatic nitrogens is 1. The van der Waals surface area contributed by atoms with Crippen LogP contribution in [0.1, 0.15) is 22.6 Å². The van der Waals surface area contributed by atoms with Crippen molar-refractivity contribution in [1.29, 1.82) is 0 Å². The van der Waals surface area contributed by atoms with E-state index in [1.54, 1.807) is 6.07 Å². The van der Waals surface area contributed by atoms with E-state index in [2.05, 4.69) is 11.1 Å². The summed E-state index contributed by atoms with van der Waals surface area (Å²) in [6, 6.07) is 23.5.